The fraction of sp³-hybridized carbons (Fsp3) is 0.474. The van der Waals surface area contributed by atoms with Gasteiger partial charge in [0.15, 0.2) is 5.96 Å². The van der Waals surface area contributed by atoms with Crippen LogP contribution < -0.4 is 15.4 Å². The number of rotatable bonds is 8. The van der Waals surface area contributed by atoms with Gasteiger partial charge in [-0.05, 0) is 43.5 Å². The molecule has 144 valence electrons. The summed E-state index contributed by atoms with van der Waals surface area (Å²) in [6.07, 6.45) is 3.94. The minimum absolute atomic E-state index is 0. The first-order valence-electron chi connectivity index (χ1n) is 8.74. The maximum Gasteiger partial charge on any atom is 0.191 e. The largest absolute Gasteiger partial charge is 0.497 e. The van der Waals surface area contributed by atoms with Crippen molar-refractivity contribution < 1.29 is 4.74 Å². The van der Waals surface area contributed by atoms with E-state index in [0.717, 1.165) is 43.2 Å². The monoisotopic (exact) mass is 488 g/mol. The van der Waals surface area contributed by atoms with Crippen molar-refractivity contribution in [1.29, 1.82) is 0 Å². The molecule has 0 unspecified atom stereocenters. The highest BCUT2D eigenvalue weighted by Gasteiger charge is 2.03. The van der Waals surface area contributed by atoms with Gasteiger partial charge in [0.1, 0.15) is 5.75 Å². The fourth-order valence-electron chi connectivity index (χ4n) is 2.46. The maximum absolute atomic E-state index is 5.33. The van der Waals surface area contributed by atoms with E-state index in [4.69, 9.17) is 4.74 Å². The summed E-state index contributed by atoms with van der Waals surface area (Å²) in [6.45, 7) is 8.56. The van der Waals surface area contributed by atoms with E-state index >= 15 is 0 Å². The van der Waals surface area contributed by atoms with Crippen LogP contribution in [0.5, 0.6) is 5.75 Å². The Balaban J connectivity index is 0.00000338. The zero-order valence-corrected chi connectivity index (χ0v) is 19.1. The second-order valence-corrected chi connectivity index (χ2v) is 7.00. The predicted molar refractivity (Wildman–Crippen MR) is 121 cm³/mol. The third kappa shape index (κ3) is 7.49. The van der Waals surface area contributed by atoms with Crippen molar-refractivity contribution in [3.63, 3.8) is 0 Å². The lowest BCUT2D eigenvalue weighted by Gasteiger charge is -2.11. The van der Waals surface area contributed by atoms with E-state index in [-0.39, 0.29) is 24.0 Å². The van der Waals surface area contributed by atoms with Crippen LogP contribution in [0.4, 0.5) is 0 Å². The van der Waals surface area contributed by atoms with Gasteiger partial charge >= 0.3 is 0 Å². The van der Waals surface area contributed by atoms with Crippen molar-refractivity contribution >= 4 is 41.3 Å². The number of nitrogens with one attached hydrogen (secondary N) is 2. The molecular weight excluding hydrogens is 459 g/mol. The quantitative estimate of drug-likeness (QED) is 0.336. The highest BCUT2D eigenvalue weighted by atomic mass is 127. The topological polar surface area (TPSA) is 58.5 Å². The Morgan fingerprint density at radius 2 is 2.04 bits per heavy atom. The summed E-state index contributed by atoms with van der Waals surface area (Å²) in [6, 6.07) is 6.19. The Bertz CT molecular complexity index is 703. The Morgan fingerprint density at radius 1 is 1.23 bits per heavy atom. The van der Waals surface area contributed by atoms with E-state index in [1.54, 1.807) is 18.4 Å². The molecule has 0 radical (unpaired) electrons. The average Bonchev–Trinajstić information content (AvgIpc) is 3.07. The maximum atomic E-state index is 5.33. The molecule has 0 aliphatic heterocycles. The summed E-state index contributed by atoms with van der Waals surface area (Å²) in [7, 11) is 1.69. The molecule has 0 amide bonds. The van der Waals surface area contributed by atoms with E-state index < -0.39 is 0 Å². The van der Waals surface area contributed by atoms with Gasteiger partial charge in [0.2, 0.25) is 0 Å². The van der Waals surface area contributed by atoms with Crippen molar-refractivity contribution in [1.82, 2.24) is 15.6 Å². The number of methoxy groups -OCH3 is 1. The number of nitrogens with zero attached hydrogens (tertiary/aromatic N) is 2. The molecule has 0 atom stereocenters. The number of halogens is 1. The number of ether oxygens (including phenoxy) is 1. The van der Waals surface area contributed by atoms with E-state index in [1.807, 2.05) is 18.3 Å². The van der Waals surface area contributed by atoms with Crippen LogP contribution >= 0.6 is 35.3 Å². The van der Waals surface area contributed by atoms with Crippen LogP contribution in [0.15, 0.2) is 29.4 Å². The smallest absolute Gasteiger partial charge is 0.191 e. The number of thiazole rings is 1. The number of hydrogen-bond acceptors (Lipinski definition) is 4. The lowest BCUT2D eigenvalue weighted by Crippen LogP contribution is -2.38. The molecule has 1 aromatic heterocycles. The SMILES string of the molecule is CCNC(=NCc1cc(C)cc(OC)c1)NCCc1ncc(CC)s1.I. The van der Waals surface area contributed by atoms with Crippen molar-refractivity contribution in [2.24, 2.45) is 4.99 Å². The number of guanidine groups is 1. The molecule has 26 heavy (non-hydrogen) atoms. The summed E-state index contributed by atoms with van der Waals surface area (Å²) in [5.41, 5.74) is 2.32. The first-order valence-corrected chi connectivity index (χ1v) is 9.56. The minimum Gasteiger partial charge on any atom is -0.497 e. The molecule has 0 bridgehead atoms. The molecule has 7 heteroatoms. The zero-order chi connectivity index (χ0) is 18.1. The molecule has 1 heterocycles. The molecule has 2 rings (SSSR count). The third-order valence-electron chi connectivity index (χ3n) is 3.69. The molecule has 2 aromatic rings. The zero-order valence-electron chi connectivity index (χ0n) is 16.0. The predicted octanol–water partition coefficient (Wildman–Crippen LogP) is 3.94. The highest BCUT2D eigenvalue weighted by Crippen LogP contribution is 2.17. The van der Waals surface area contributed by atoms with Crippen molar-refractivity contribution in [3.8, 4) is 5.75 Å². The van der Waals surface area contributed by atoms with Gasteiger partial charge in [0, 0.05) is 30.6 Å². The van der Waals surface area contributed by atoms with E-state index in [9.17, 15) is 0 Å². The van der Waals surface area contributed by atoms with Gasteiger partial charge in [0.05, 0.1) is 18.7 Å². The third-order valence-corrected chi connectivity index (χ3v) is 4.89. The summed E-state index contributed by atoms with van der Waals surface area (Å²) in [5, 5.41) is 7.84. The van der Waals surface area contributed by atoms with Gasteiger partial charge in [-0.2, -0.15) is 0 Å². The van der Waals surface area contributed by atoms with Gasteiger partial charge in [-0.25, -0.2) is 9.98 Å². The van der Waals surface area contributed by atoms with Crippen LogP contribution in [-0.4, -0.2) is 31.1 Å². The highest BCUT2D eigenvalue weighted by molar-refractivity contribution is 14.0. The van der Waals surface area contributed by atoms with Crippen LogP contribution in [0.3, 0.4) is 0 Å². The molecular formula is C19H29IN4OS. The molecule has 0 spiro atoms. The number of hydrogen-bond donors (Lipinski definition) is 2. The lowest BCUT2D eigenvalue weighted by atomic mass is 10.1. The van der Waals surface area contributed by atoms with Crippen LogP contribution in [0.2, 0.25) is 0 Å². The Kier molecular flexibility index (Phi) is 10.6. The van der Waals surface area contributed by atoms with Gasteiger partial charge in [-0.3, -0.25) is 0 Å². The normalized spacial score (nSPS) is 11.0. The van der Waals surface area contributed by atoms with Crippen LogP contribution in [-0.2, 0) is 19.4 Å². The second-order valence-electron chi connectivity index (χ2n) is 5.80. The Labute approximate surface area is 177 Å². The Hall–Kier alpha value is -1.35. The van der Waals surface area contributed by atoms with E-state index in [0.29, 0.717) is 6.54 Å². The fourth-order valence-corrected chi connectivity index (χ4v) is 3.32. The number of aryl methyl sites for hydroxylation is 2. The van der Waals surface area contributed by atoms with Crippen molar-refractivity contribution in [3.05, 3.63) is 45.4 Å². The van der Waals surface area contributed by atoms with Crippen LogP contribution in [0, 0.1) is 6.92 Å². The molecule has 0 fully saturated rings. The van der Waals surface area contributed by atoms with Gasteiger partial charge in [0.25, 0.3) is 0 Å². The minimum atomic E-state index is 0. The molecule has 5 nitrogen and oxygen atoms in total. The van der Waals surface area contributed by atoms with Gasteiger partial charge in [-0.15, -0.1) is 35.3 Å². The average molecular weight is 488 g/mol. The van der Waals surface area contributed by atoms with Crippen LogP contribution in [0.1, 0.15) is 34.9 Å². The number of benzene rings is 1. The van der Waals surface area contributed by atoms with E-state index in [1.165, 1.54) is 15.4 Å². The van der Waals surface area contributed by atoms with E-state index in [2.05, 4.69) is 47.4 Å². The van der Waals surface area contributed by atoms with Gasteiger partial charge < -0.3 is 15.4 Å². The summed E-state index contributed by atoms with van der Waals surface area (Å²) in [5.74, 6) is 1.70. The van der Waals surface area contributed by atoms with Crippen LogP contribution in [0.25, 0.3) is 0 Å². The summed E-state index contributed by atoms with van der Waals surface area (Å²) < 4.78 is 5.33. The second kappa shape index (κ2) is 12.1. The number of aliphatic imine (C=N–C) groups is 1. The van der Waals surface area contributed by atoms with Gasteiger partial charge in [-0.1, -0.05) is 13.0 Å². The molecule has 2 N–H and O–H groups in total. The molecule has 0 aliphatic rings. The lowest BCUT2D eigenvalue weighted by molar-refractivity contribution is 0.414. The van der Waals surface area contributed by atoms with Crippen molar-refractivity contribution in [2.45, 2.75) is 40.2 Å². The molecule has 0 aliphatic carbocycles. The summed E-state index contributed by atoms with van der Waals surface area (Å²) >= 11 is 1.79. The molecule has 1 aromatic carbocycles. The standard InChI is InChI=1S/C19H28N4OS.HI/c1-5-17-13-22-18(25-17)7-8-21-19(20-6-2)23-12-15-9-14(3)10-16(11-15)24-4;/h9-11,13H,5-8,12H2,1-4H3,(H2,20,21,23);1H. The number of aromatic nitrogens is 1. The molecule has 0 saturated heterocycles. The first kappa shape index (κ1) is 22.7. The van der Waals surface area contributed by atoms with Crippen molar-refractivity contribution in [2.75, 3.05) is 20.2 Å². The first-order chi connectivity index (χ1) is 12.1. The summed E-state index contributed by atoms with van der Waals surface area (Å²) in [4.78, 5) is 10.5. The Morgan fingerprint density at radius 3 is 2.69 bits per heavy atom. The molecule has 0 saturated carbocycles.